The second-order valence-corrected chi connectivity index (χ2v) is 8.81. The van der Waals surface area contributed by atoms with Gasteiger partial charge in [-0.2, -0.15) is 0 Å². The molecule has 6 nitrogen and oxygen atoms in total. The van der Waals surface area contributed by atoms with E-state index in [1.165, 1.54) is 18.0 Å². The maximum atomic E-state index is 14.8. The summed E-state index contributed by atoms with van der Waals surface area (Å²) < 4.78 is 44.0. The van der Waals surface area contributed by atoms with E-state index < -0.39 is 17.8 Å². The monoisotopic (exact) mass is 473 g/mol. The molecule has 5 rings (SSSR count). The molecule has 0 bridgehead atoms. The van der Waals surface area contributed by atoms with Gasteiger partial charge >= 0.3 is 0 Å². The second kappa shape index (κ2) is 10.1. The molecule has 0 saturated carbocycles. The molecule has 0 amide bonds. The van der Waals surface area contributed by atoms with Crippen LogP contribution in [0.1, 0.15) is 66.8 Å². The number of alkyl halides is 2. The number of rotatable bonds is 5. The molecule has 2 aliphatic rings. The number of nitrogens with one attached hydrogen (secondary N) is 1. The third kappa shape index (κ3) is 4.42. The van der Waals surface area contributed by atoms with Gasteiger partial charge in [0.2, 0.25) is 0 Å². The van der Waals surface area contributed by atoms with E-state index in [-0.39, 0.29) is 12.0 Å². The number of nitrogens with two attached hydrogens (primary N) is 1. The molecule has 34 heavy (non-hydrogen) atoms. The maximum absolute atomic E-state index is 14.8. The van der Waals surface area contributed by atoms with E-state index in [9.17, 15) is 13.2 Å². The van der Waals surface area contributed by atoms with Crippen molar-refractivity contribution >= 4 is 16.9 Å². The summed E-state index contributed by atoms with van der Waals surface area (Å²) in [6.45, 7) is 3.00. The Balaban J connectivity index is 0.00000133. The zero-order valence-corrected chi connectivity index (χ0v) is 19.4. The van der Waals surface area contributed by atoms with Crippen molar-refractivity contribution in [2.75, 3.05) is 19.4 Å². The molecule has 3 aromatic rings. The van der Waals surface area contributed by atoms with Crippen molar-refractivity contribution in [3.63, 3.8) is 0 Å². The Morgan fingerprint density at radius 1 is 1.26 bits per heavy atom. The van der Waals surface area contributed by atoms with Crippen LogP contribution in [-0.2, 0) is 13.0 Å². The zero-order valence-electron chi connectivity index (χ0n) is 19.4. The molecule has 182 valence electrons. The highest BCUT2D eigenvalue weighted by Gasteiger charge is 2.28. The summed E-state index contributed by atoms with van der Waals surface area (Å²) in [6, 6.07) is 3.49. The highest BCUT2D eigenvalue weighted by Crippen LogP contribution is 2.37. The number of allylic oxidation sites excluding steroid dienone is 2. The molecule has 1 aromatic carbocycles. The number of hydrogen-bond donors (Lipinski definition) is 3. The molecule has 1 aliphatic heterocycles. The molecule has 0 fully saturated rings. The van der Waals surface area contributed by atoms with Gasteiger partial charge in [-0.15, -0.1) is 0 Å². The van der Waals surface area contributed by atoms with E-state index in [4.69, 9.17) is 10.8 Å². The molecule has 2 aromatic heterocycles. The van der Waals surface area contributed by atoms with Crippen molar-refractivity contribution in [1.29, 1.82) is 0 Å². The number of aromatic nitrogens is 3. The van der Waals surface area contributed by atoms with E-state index in [1.807, 2.05) is 19.2 Å². The van der Waals surface area contributed by atoms with Gasteiger partial charge in [0.15, 0.2) is 0 Å². The Labute approximate surface area is 196 Å². The average molecular weight is 474 g/mol. The predicted molar refractivity (Wildman–Crippen MR) is 126 cm³/mol. The summed E-state index contributed by atoms with van der Waals surface area (Å²) in [5, 5.41) is 11.1. The molecule has 0 saturated heterocycles. The SMILES string of the molecule is CC1CNCc2c(CCC3=CC(n4ccc5c(N)ncnc54)CC3)cc(C(F)F)c(F)c21.CO. The Bertz CT molecular complexity index is 1210. The van der Waals surface area contributed by atoms with Crippen molar-refractivity contribution in [3.8, 4) is 0 Å². The number of aliphatic hydroxyl groups excluding tert-OH is 1. The largest absolute Gasteiger partial charge is 0.400 e. The lowest BCUT2D eigenvalue weighted by molar-refractivity contribution is 0.145. The standard InChI is InChI=1S/C24H26F3N5.CH4O/c1-13-10-29-11-19-15(9-18(22(26)27)21(25)20(13)19)4-2-14-3-5-16(8-14)32-7-6-17-23(28)30-12-31-24(17)32;1-2/h6-9,12-13,16,22,29H,2-5,10-11H2,1H3,(H2,28,30,31);2H,1H3. The molecule has 4 N–H and O–H groups in total. The van der Waals surface area contributed by atoms with Crippen LogP contribution < -0.4 is 11.1 Å². The maximum Gasteiger partial charge on any atom is 0.266 e. The first kappa shape index (κ1) is 24.2. The fourth-order valence-corrected chi connectivity index (χ4v) is 5.17. The third-order valence-electron chi connectivity index (χ3n) is 6.81. The number of hydrogen-bond acceptors (Lipinski definition) is 5. The van der Waals surface area contributed by atoms with Crippen LogP contribution in [0.3, 0.4) is 0 Å². The minimum atomic E-state index is -2.81. The fourth-order valence-electron chi connectivity index (χ4n) is 5.17. The number of aliphatic hydroxyl groups is 1. The lowest BCUT2D eigenvalue weighted by Gasteiger charge is -2.28. The fraction of sp³-hybridized carbons (Fsp3) is 0.440. The molecular weight excluding hydrogens is 443 g/mol. The van der Waals surface area contributed by atoms with Crippen LogP contribution in [0.2, 0.25) is 0 Å². The van der Waals surface area contributed by atoms with Gasteiger partial charge < -0.3 is 20.7 Å². The lowest BCUT2D eigenvalue weighted by Crippen LogP contribution is -2.29. The predicted octanol–water partition coefficient (Wildman–Crippen LogP) is 4.80. The summed E-state index contributed by atoms with van der Waals surface area (Å²) in [5.74, 6) is -0.383. The molecule has 2 atom stereocenters. The summed E-state index contributed by atoms with van der Waals surface area (Å²) in [7, 11) is 1.00. The van der Waals surface area contributed by atoms with Crippen molar-refractivity contribution in [2.24, 2.45) is 0 Å². The normalized spacial score (nSPS) is 19.7. The van der Waals surface area contributed by atoms with Crippen LogP contribution >= 0.6 is 0 Å². The second-order valence-electron chi connectivity index (χ2n) is 8.81. The highest BCUT2D eigenvalue weighted by molar-refractivity contribution is 5.86. The van der Waals surface area contributed by atoms with Gasteiger partial charge in [-0.1, -0.05) is 18.6 Å². The Morgan fingerprint density at radius 3 is 2.82 bits per heavy atom. The van der Waals surface area contributed by atoms with Crippen molar-refractivity contribution in [2.45, 2.75) is 57.5 Å². The highest BCUT2D eigenvalue weighted by atomic mass is 19.3. The minimum absolute atomic E-state index is 0.122. The first-order valence-corrected chi connectivity index (χ1v) is 11.5. The molecule has 1 aliphatic carbocycles. The van der Waals surface area contributed by atoms with Crippen molar-refractivity contribution in [1.82, 2.24) is 19.9 Å². The lowest BCUT2D eigenvalue weighted by atomic mass is 9.85. The summed E-state index contributed by atoms with van der Waals surface area (Å²) in [4.78, 5) is 8.43. The van der Waals surface area contributed by atoms with Gasteiger partial charge in [0, 0.05) is 26.4 Å². The number of aryl methyl sites for hydroxylation is 1. The van der Waals surface area contributed by atoms with Crippen LogP contribution in [-0.4, -0.2) is 33.3 Å². The number of halogens is 3. The Kier molecular flexibility index (Phi) is 7.23. The van der Waals surface area contributed by atoms with E-state index >= 15 is 0 Å². The first-order chi connectivity index (χ1) is 16.4. The molecular formula is C25H30F3N5O. The van der Waals surface area contributed by atoms with E-state index in [1.54, 1.807) is 0 Å². The number of benzene rings is 1. The number of fused-ring (bicyclic) bond motifs is 2. The molecule has 9 heteroatoms. The van der Waals surface area contributed by atoms with Gasteiger partial charge in [-0.25, -0.2) is 23.1 Å². The number of anilines is 1. The summed E-state index contributed by atoms with van der Waals surface area (Å²) in [5.41, 5.74) is 9.72. The van der Waals surface area contributed by atoms with Gasteiger partial charge in [-0.3, -0.25) is 0 Å². The Hall–Kier alpha value is -2.91. The van der Waals surface area contributed by atoms with E-state index in [2.05, 4.69) is 25.9 Å². The van der Waals surface area contributed by atoms with Crippen LogP contribution in [0.5, 0.6) is 0 Å². The third-order valence-corrected chi connectivity index (χ3v) is 6.81. The van der Waals surface area contributed by atoms with Crippen molar-refractivity contribution < 1.29 is 18.3 Å². The molecule has 0 spiro atoms. The van der Waals surface area contributed by atoms with Crippen LogP contribution in [0, 0.1) is 5.82 Å². The topological polar surface area (TPSA) is 89.0 Å². The van der Waals surface area contributed by atoms with Crippen molar-refractivity contribution in [3.05, 3.63) is 64.4 Å². The summed E-state index contributed by atoms with van der Waals surface area (Å²) in [6.07, 6.45) is 6.16. The van der Waals surface area contributed by atoms with Gasteiger partial charge in [0.05, 0.1) is 17.0 Å². The van der Waals surface area contributed by atoms with Crippen LogP contribution in [0.4, 0.5) is 19.0 Å². The Morgan fingerprint density at radius 2 is 2.06 bits per heavy atom. The molecule has 2 unspecified atom stereocenters. The van der Waals surface area contributed by atoms with Gasteiger partial charge in [0.25, 0.3) is 6.43 Å². The van der Waals surface area contributed by atoms with E-state index in [0.717, 1.165) is 48.5 Å². The van der Waals surface area contributed by atoms with Gasteiger partial charge in [0.1, 0.15) is 23.6 Å². The molecule has 0 radical (unpaired) electrons. The van der Waals surface area contributed by atoms with Gasteiger partial charge in [-0.05, 0) is 60.4 Å². The average Bonchev–Trinajstić information content (AvgIpc) is 3.47. The number of nitrogens with zero attached hydrogens (tertiary/aromatic N) is 3. The molecule has 3 heterocycles. The van der Waals surface area contributed by atoms with Crippen LogP contribution in [0.25, 0.3) is 11.0 Å². The first-order valence-electron chi connectivity index (χ1n) is 11.5. The zero-order chi connectivity index (χ0) is 24.4. The smallest absolute Gasteiger partial charge is 0.266 e. The number of nitrogen functional groups attached to an aromatic ring is 1. The quantitative estimate of drug-likeness (QED) is 0.463. The minimum Gasteiger partial charge on any atom is -0.400 e. The van der Waals surface area contributed by atoms with Crippen LogP contribution in [0.15, 0.2) is 36.3 Å². The van der Waals surface area contributed by atoms with E-state index in [0.29, 0.717) is 30.9 Å². The summed E-state index contributed by atoms with van der Waals surface area (Å²) >= 11 is 0.